The summed E-state index contributed by atoms with van der Waals surface area (Å²) in [5.74, 6) is 1.32. The van der Waals surface area contributed by atoms with Crippen molar-refractivity contribution in [2.24, 2.45) is 16.3 Å². The summed E-state index contributed by atoms with van der Waals surface area (Å²) in [5.41, 5.74) is -0.478. The Balaban J connectivity index is 3.95. The zero-order valence-corrected chi connectivity index (χ0v) is 15.1. The summed E-state index contributed by atoms with van der Waals surface area (Å²) in [6.07, 6.45) is 0.924. The topological polar surface area (TPSA) is 74.8 Å². The molecule has 0 fully saturated rings. The number of ether oxygens (including phenoxy) is 1. The Labute approximate surface area is 135 Å². The normalized spacial score (nSPS) is 12.4. The lowest BCUT2D eigenvalue weighted by atomic mass is 9.92. The highest BCUT2D eigenvalue weighted by Crippen LogP contribution is 2.13. The minimum Gasteiger partial charge on any atom is -0.381 e. The summed E-state index contributed by atoms with van der Waals surface area (Å²) >= 11 is 0. The molecule has 22 heavy (non-hydrogen) atoms. The number of guanidine groups is 1. The van der Waals surface area contributed by atoms with Crippen LogP contribution in [0, 0.1) is 11.3 Å². The van der Waals surface area contributed by atoms with Crippen molar-refractivity contribution < 1.29 is 9.53 Å². The van der Waals surface area contributed by atoms with E-state index in [9.17, 15) is 4.79 Å². The van der Waals surface area contributed by atoms with Gasteiger partial charge in [-0.2, -0.15) is 0 Å². The number of nitrogens with one attached hydrogen (secondary N) is 3. The number of aliphatic imine (C=N–C) groups is 1. The first kappa shape index (κ1) is 20.7. The maximum absolute atomic E-state index is 11.9. The number of carbonyl (C=O) groups excluding carboxylic acids is 1. The van der Waals surface area contributed by atoms with Crippen molar-refractivity contribution in [1.82, 2.24) is 16.0 Å². The van der Waals surface area contributed by atoms with Crippen LogP contribution in [0.25, 0.3) is 0 Å². The Morgan fingerprint density at radius 1 is 1.23 bits per heavy atom. The summed E-state index contributed by atoms with van der Waals surface area (Å²) in [7, 11) is 1.73. The summed E-state index contributed by atoms with van der Waals surface area (Å²) in [4.78, 5) is 16.1. The predicted octanol–water partition coefficient (Wildman–Crippen LogP) is 1.38. The third kappa shape index (κ3) is 9.60. The maximum Gasteiger partial charge on any atom is 0.227 e. The van der Waals surface area contributed by atoms with Crippen molar-refractivity contribution in [2.45, 2.75) is 41.0 Å². The third-order valence-electron chi connectivity index (χ3n) is 3.08. The molecule has 0 radical (unpaired) electrons. The van der Waals surface area contributed by atoms with Gasteiger partial charge in [-0.05, 0) is 33.1 Å². The molecule has 3 N–H and O–H groups in total. The zero-order valence-electron chi connectivity index (χ0n) is 15.1. The van der Waals surface area contributed by atoms with Gasteiger partial charge in [-0.25, -0.2) is 0 Å². The van der Waals surface area contributed by atoms with Gasteiger partial charge in [-0.1, -0.05) is 13.8 Å². The highest BCUT2D eigenvalue weighted by molar-refractivity contribution is 5.84. The van der Waals surface area contributed by atoms with E-state index in [-0.39, 0.29) is 5.91 Å². The molecule has 0 aliphatic heterocycles. The smallest absolute Gasteiger partial charge is 0.227 e. The van der Waals surface area contributed by atoms with Crippen LogP contribution in [0.4, 0.5) is 0 Å². The van der Waals surface area contributed by atoms with E-state index in [1.807, 2.05) is 20.8 Å². The highest BCUT2D eigenvalue weighted by atomic mass is 16.5. The van der Waals surface area contributed by atoms with Gasteiger partial charge < -0.3 is 20.7 Å². The number of hydrogen-bond donors (Lipinski definition) is 3. The van der Waals surface area contributed by atoms with Gasteiger partial charge in [0.1, 0.15) is 0 Å². The number of nitrogens with zero attached hydrogens (tertiary/aromatic N) is 1. The molecule has 0 aromatic carbocycles. The largest absolute Gasteiger partial charge is 0.381 e. The summed E-state index contributed by atoms with van der Waals surface area (Å²) in [6, 6.07) is 0. The quantitative estimate of drug-likeness (QED) is 0.323. The molecule has 6 heteroatoms. The van der Waals surface area contributed by atoms with Crippen molar-refractivity contribution in [3.8, 4) is 0 Å². The van der Waals surface area contributed by atoms with Gasteiger partial charge in [-0.3, -0.25) is 9.79 Å². The molecule has 0 atom stereocenters. The average Bonchev–Trinajstić information content (AvgIpc) is 2.45. The van der Waals surface area contributed by atoms with E-state index in [4.69, 9.17) is 4.74 Å². The molecule has 0 aliphatic carbocycles. The summed E-state index contributed by atoms with van der Waals surface area (Å²) < 4.78 is 5.53. The number of carbonyl (C=O) groups is 1. The second kappa shape index (κ2) is 11.3. The van der Waals surface area contributed by atoms with Crippen LogP contribution in [0.1, 0.15) is 41.0 Å². The Morgan fingerprint density at radius 2 is 1.91 bits per heavy atom. The number of hydrogen-bond acceptors (Lipinski definition) is 3. The predicted molar refractivity (Wildman–Crippen MR) is 92.1 cm³/mol. The lowest BCUT2D eigenvalue weighted by Gasteiger charge is -2.24. The maximum atomic E-state index is 11.9. The molecular weight excluding hydrogens is 280 g/mol. The lowest BCUT2D eigenvalue weighted by Crippen LogP contribution is -2.48. The molecule has 0 aromatic rings. The van der Waals surface area contributed by atoms with Crippen molar-refractivity contribution in [1.29, 1.82) is 0 Å². The van der Waals surface area contributed by atoms with Crippen LogP contribution < -0.4 is 16.0 Å². The van der Waals surface area contributed by atoms with Crippen LogP contribution in [-0.2, 0) is 9.53 Å². The fourth-order valence-electron chi connectivity index (χ4n) is 1.71. The standard InChI is InChI=1S/C16H34N4O2/c1-7-18-14(21)16(4,5)12-20-15(17-6)19-9-8-10-22-11-13(2)3/h13H,7-12H2,1-6H3,(H,18,21)(H2,17,19,20). The van der Waals surface area contributed by atoms with E-state index in [1.165, 1.54) is 0 Å². The van der Waals surface area contributed by atoms with Gasteiger partial charge in [0.25, 0.3) is 0 Å². The van der Waals surface area contributed by atoms with Gasteiger partial charge in [-0.15, -0.1) is 0 Å². The Kier molecular flexibility index (Phi) is 10.6. The third-order valence-corrected chi connectivity index (χ3v) is 3.08. The molecule has 0 aliphatic rings. The average molecular weight is 314 g/mol. The van der Waals surface area contributed by atoms with Crippen LogP contribution >= 0.6 is 0 Å². The van der Waals surface area contributed by atoms with Crippen molar-refractivity contribution >= 4 is 11.9 Å². The van der Waals surface area contributed by atoms with E-state index in [2.05, 4.69) is 34.8 Å². The molecular formula is C16H34N4O2. The van der Waals surface area contributed by atoms with E-state index >= 15 is 0 Å². The first-order valence-corrected chi connectivity index (χ1v) is 8.14. The molecule has 0 heterocycles. The second-order valence-corrected chi connectivity index (χ2v) is 6.42. The van der Waals surface area contributed by atoms with Crippen LogP contribution in [0.3, 0.4) is 0 Å². The molecule has 6 nitrogen and oxygen atoms in total. The van der Waals surface area contributed by atoms with Crippen LogP contribution in [0.5, 0.6) is 0 Å². The molecule has 0 unspecified atom stereocenters. The Hall–Kier alpha value is -1.30. The Morgan fingerprint density at radius 3 is 2.45 bits per heavy atom. The molecule has 0 saturated carbocycles. The molecule has 0 saturated heterocycles. The molecule has 0 bridgehead atoms. The minimum absolute atomic E-state index is 0.0417. The molecule has 0 rings (SSSR count). The Bertz CT molecular complexity index is 341. The van der Waals surface area contributed by atoms with Crippen LogP contribution in [0.15, 0.2) is 4.99 Å². The molecule has 0 aromatic heterocycles. The van der Waals surface area contributed by atoms with Gasteiger partial charge in [0.2, 0.25) is 5.91 Å². The minimum atomic E-state index is -0.478. The lowest BCUT2D eigenvalue weighted by molar-refractivity contribution is -0.128. The van der Waals surface area contributed by atoms with E-state index in [0.29, 0.717) is 25.0 Å². The fourth-order valence-corrected chi connectivity index (χ4v) is 1.71. The second-order valence-electron chi connectivity index (χ2n) is 6.42. The molecule has 1 amide bonds. The van der Waals surface area contributed by atoms with Gasteiger partial charge in [0, 0.05) is 39.9 Å². The van der Waals surface area contributed by atoms with Crippen molar-refractivity contribution in [2.75, 3.05) is 39.9 Å². The summed E-state index contributed by atoms with van der Waals surface area (Å²) in [5, 5.41) is 9.27. The van der Waals surface area contributed by atoms with Crippen molar-refractivity contribution in [3.05, 3.63) is 0 Å². The van der Waals surface area contributed by atoms with Crippen LogP contribution in [-0.4, -0.2) is 51.8 Å². The van der Waals surface area contributed by atoms with E-state index in [1.54, 1.807) is 7.05 Å². The SMILES string of the molecule is CCNC(=O)C(C)(C)CNC(=NC)NCCCOCC(C)C. The van der Waals surface area contributed by atoms with Gasteiger partial charge in [0.15, 0.2) is 5.96 Å². The van der Waals surface area contributed by atoms with Gasteiger partial charge in [0.05, 0.1) is 5.41 Å². The zero-order chi connectivity index (χ0) is 17.0. The highest BCUT2D eigenvalue weighted by Gasteiger charge is 2.27. The number of amides is 1. The monoisotopic (exact) mass is 314 g/mol. The molecule has 0 spiro atoms. The van der Waals surface area contributed by atoms with E-state index < -0.39 is 5.41 Å². The fraction of sp³-hybridized carbons (Fsp3) is 0.875. The first-order chi connectivity index (χ1) is 10.3. The number of rotatable bonds is 10. The molecule has 130 valence electrons. The van der Waals surface area contributed by atoms with Crippen LogP contribution in [0.2, 0.25) is 0 Å². The first-order valence-electron chi connectivity index (χ1n) is 8.14. The van der Waals surface area contributed by atoms with E-state index in [0.717, 1.165) is 26.2 Å². The van der Waals surface area contributed by atoms with Crippen molar-refractivity contribution in [3.63, 3.8) is 0 Å². The van der Waals surface area contributed by atoms with Gasteiger partial charge >= 0.3 is 0 Å². The summed E-state index contributed by atoms with van der Waals surface area (Å²) in [6.45, 7) is 13.5.